The lowest BCUT2D eigenvalue weighted by molar-refractivity contribution is -0.385. The summed E-state index contributed by atoms with van der Waals surface area (Å²) in [5.74, 6) is -1.10. The first kappa shape index (κ1) is 18.4. The number of hydrogen-bond donors (Lipinski definition) is 0. The Hall–Kier alpha value is -2.97. The number of benzene rings is 2. The van der Waals surface area contributed by atoms with Crippen molar-refractivity contribution in [3.05, 3.63) is 68.7 Å². The molecule has 1 saturated heterocycles. The Morgan fingerprint density at radius 2 is 1.68 bits per heavy atom. The van der Waals surface area contributed by atoms with Crippen LogP contribution in [0.3, 0.4) is 0 Å². The van der Waals surface area contributed by atoms with Crippen LogP contribution < -0.4 is 4.90 Å². The molecule has 1 fully saturated rings. The summed E-state index contributed by atoms with van der Waals surface area (Å²) >= 11 is 6.25. The van der Waals surface area contributed by atoms with Crippen molar-refractivity contribution in [3.63, 3.8) is 0 Å². The maximum absolute atomic E-state index is 12.7. The van der Waals surface area contributed by atoms with Crippen molar-refractivity contribution < 1.29 is 14.5 Å². The van der Waals surface area contributed by atoms with Crippen molar-refractivity contribution in [1.29, 1.82) is 0 Å². The smallest absolute Gasteiger partial charge is 0.282 e. The van der Waals surface area contributed by atoms with Gasteiger partial charge in [0.05, 0.1) is 27.9 Å². The molecular weight excluding hydrogens is 384 g/mol. The van der Waals surface area contributed by atoms with Gasteiger partial charge < -0.3 is 4.90 Å². The average molecular weight is 401 g/mol. The zero-order chi connectivity index (χ0) is 19.8. The first-order chi connectivity index (χ1) is 13.5. The van der Waals surface area contributed by atoms with Crippen LogP contribution in [0.25, 0.3) is 0 Å². The highest BCUT2D eigenvalue weighted by Crippen LogP contribution is 2.31. The number of carbonyl (C=O) groups is 2. The summed E-state index contributed by atoms with van der Waals surface area (Å²) in [5.41, 5.74) is 0.600. The molecule has 2 aromatic carbocycles. The van der Waals surface area contributed by atoms with Crippen LogP contribution >= 0.6 is 11.6 Å². The number of piperazine rings is 1. The Bertz CT molecular complexity index is 972. The maximum Gasteiger partial charge on any atom is 0.282 e. The van der Waals surface area contributed by atoms with Crippen molar-refractivity contribution in [1.82, 2.24) is 9.80 Å². The number of para-hydroxylation sites is 1. The summed E-state index contributed by atoms with van der Waals surface area (Å²) in [6.07, 6.45) is 0. The van der Waals surface area contributed by atoms with Gasteiger partial charge in [0.25, 0.3) is 17.5 Å². The first-order valence-electron chi connectivity index (χ1n) is 8.83. The minimum atomic E-state index is -0.629. The Balaban J connectivity index is 1.46. The molecule has 0 saturated carbocycles. The molecule has 0 aliphatic carbocycles. The number of rotatable bonds is 4. The van der Waals surface area contributed by atoms with E-state index < -0.39 is 16.7 Å². The Labute approximate surface area is 166 Å². The van der Waals surface area contributed by atoms with E-state index in [1.165, 1.54) is 18.2 Å². The molecule has 0 atom stereocenters. The van der Waals surface area contributed by atoms with Crippen LogP contribution in [0.1, 0.15) is 20.7 Å². The molecule has 0 N–H and O–H groups in total. The number of imide groups is 1. The third-order valence-corrected chi connectivity index (χ3v) is 5.40. The summed E-state index contributed by atoms with van der Waals surface area (Å²) < 4.78 is 0. The van der Waals surface area contributed by atoms with Crippen molar-refractivity contribution in [2.75, 3.05) is 37.7 Å². The fraction of sp³-hybridized carbons (Fsp3) is 0.263. The van der Waals surface area contributed by atoms with Gasteiger partial charge in [-0.1, -0.05) is 29.8 Å². The van der Waals surface area contributed by atoms with Crippen molar-refractivity contribution in [3.8, 4) is 0 Å². The van der Waals surface area contributed by atoms with Gasteiger partial charge in [0, 0.05) is 32.2 Å². The molecule has 0 aromatic heterocycles. The Morgan fingerprint density at radius 3 is 2.36 bits per heavy atom. The van der Waals surface area contributed by atoms with E-state index in [0.29, 0.717) is 31.2 Å². The summed E-state index contributed by atoms with van der Waals surface area (Å²) in [6.45, 7) is 2.79. The van der Waals surface area contributed by atoms with Gasteiger partial charge in [0.1, 0.15) is 5.56 Å². The molecule has 0 radical (unpaired) electrons. The highest BCUT2D eigenvalue weighted by Gasteiger charge is 2.41. The predicted octanol–water partition coefficient (Wildman–Crippen LogP) is 2.62. The van der Waals surface area contributed by atoms with E-state index in [-0.39, 0.29) is 23.5 Å². The van der Waals surface area contributed by atoms with Crippen LogP contribution in [-0.4, -0.2) is 59.4 Å². The second-order valence-electron chi connectivity index (χ2n) is 6.69. The summed E-state index contributed by atoms with van der Waals surface area (Å²) in [6, 6.07) is 11.7. The molecule has 2 aliphatic rings. The number of amides is 2. The number of carbonyl (C=O) groups excluding carboxylic acids is 2. The monoisotopic (exact) mass is 400 g/mol. The molecule has 4 rings (SSSR count). The van der Waals surface area contributed by atoms with Crippen molar-refractivity contribution in [2.24, 2.45) is 0 Å². The molecular formula is C19H17ClN4O4. The molecule has 0 bridgehead atoms. The van der Waals surface area contributed by atoms with Crippen LogP contribution in [0.2, 0.25) is 5.02 Å². The molecule has 9 heteroatoms. The van der Waals surface area contributed by atoms with Gasteiger partial charge in [-0.3, -0.25) is 29.5 Å². The Morgan fingerprint density at radius 1 is 0.964 bits per heavy atom. The van der Waals surface area contributed by atoms with Gasteiger partial charge in [0.15, 0.2) is 0 Å². The molecule has 0 unspecified atom stereocenters. The second-order valence-corrected chi connectivity index (χ2v) is 7.10. The van der Waals surface area contributed by atoms with Crippen molar-refractivity contribution in [2.45, 2.75) is 0 Å². The van der Waals surface area contributed by atoms with Crippen LogP contribution in [0.4, 0.5) is 11.4 Å². The molecule has 2 aromatic rings. The largest absolute Gasteiger partial charge is 0.368 e. The highest BCUT2D eigenvalue weighted by atomic mass is 35.5. The molecule has 28 heavy (non-hydrogen) atoms. The Kier molecular flexibility index (Phi) is 4.74. The van der Waals surface area contributed by atoms with Gasteiger partial charge in [-0.25, -0.2) is 0 Å². The van der Waals surface area contributed by atoms with Gasteiger partial charge in [-0.2, -0.15) is 0 Å². The fourth-order valence-corrected chi connectivity index (χ4v) is 3.89. The molecule has 8 nitrogen and oxygen atoms in total. The number of anilines is 1. The number of nitro groups is 1. The van der Waals surface area contributed by atoms with E-state index in [1.54, 1.807) is 0 Å². The summed E-state index contributed by atoms with van der Waals surface area (Å²) in [7, 11) is 0. The number of nitro benzene ring substituents is 1. The molecule has 2 aliphatic heterocycles. The lowest BCUT2D eigenvalue weighted by atomic mass is 10.1. The standard InChI is InChI=1S/C19H17ClN4O4/c20-14-5-1-2-6-15(14)22-10-8-21(9-11-22)12-23-18(25)13-4-3-7-16(24(27)28)17(13)19(23)26/h1-7H,8-12H2. The van der Waals surface area contributed by atoms with E-state index in [9.17, 15) is 19.7 Å². The minimum Gasteiger partial charge on any atom is -0.368 e. The summed E-state index contributed by atoms with van der Waals surface area (Å²) in [4.78, 5) is 41.1. The zero-order valence-electron chi connectivity index (χ0n) is 14.9. The molecule has 0 spiro atoms. The second kappa shape index (κ2) is 7.21. The molecule has 2 amide bonds. The quantitative estimate of drug-likeness (QED) is 0.445. The van der Waals surface area contributed by atoms with Gasteiger partial charge in [-0.05, 0) is 18.2 Å². The van der Waals surface area contributed by atoms with Crippen LogP contribution in [0.5, 0.6) is 0 Å². The van der Waals surface area contributed by atoms with Gasteiger partial charge >= 0.3 is 0 Å². The van der Waals surface area contributed by atoms with E-state index in [0.717, 1.165) is 10.6 Å². The van der Waals surface area contributed by atoms with Crippen LogP contribution in [0, 0.1) is 10.1 Å². The topological polar surface area (TPSA) is 87.0 Å². The van der Waals surface area contributed by atoms with Gasteiger partial charge in [-0.15, -0.1) is 0 Å². The number of nitrogens with zero attached hydrogens (tertiary/aromatic N) is 4. The zero-order valence-corrected chi connectivity index (χ0v) is 15.6. The molecule has 144 valence electrons. The van der Waals surface area contributed by atoms with Gasteiger partial charge in [0.2, 0.25) is 0 Å². The average Bonchev–Trinajstić information content (AvgIpc) is 2.94. The normalized spacial score (nSPS) is 17.2. The van der Waals surface area contributed by atoms with Crippen molar-refractivity contribution >= 4 is 34.8 Å². The summed E-state index contributed by atoms with van der Waals surface area (Å²) in [5, 5.41) is 11.9. The SMILES string of the molecule is O=C1c2cccc([N+](=O)[O-])c2C(=O)N1CN1CCN(c2ccccc2Cl)CC1. The number of halogens is 1. The maximum atomic E-state index is 12.7. The highest BCUT2D eigenvalue weighted by molar-refractivity contribution is 6.33. The van der Waals surface area contributed by atoms with E-state index in [4.69, 9.17) is 11.6 Å². The van der Waals surface area contributed by atoms with E-state index in [1.807, 2.05) is 29.2 Å². The number of hydrogen-bond acceptors (Lipinski definition) is 6. The minimum absolute atomic E-state index is 0.0916. The predicted molar refractivity (Wildman–Crippen MR) is 104 cm³/mol. The number of fused-ring (bicyclic) bond motifs is 1. The lowest BCUT2D eigenvalue weighted by Crippen LogP contribution is -2.51. The fourth-order valence-electron chi connectivity index (χ4n) is 3.63. The van der Waals surface area contributed by atoms with E-state index >= 15 is 0 Å². The first-order valence-corrected chi connectivity index (χ1v) is 9.20. The molecule has 2 heterocycles. The van der Waals surface area contributed by atoms with Crippen LogP contribution in [0.15, 0.2) is 42.5 Å². The van der Waals surface area contributed by atoms with Crippen LogP contribution in [-0.2, 0) is 0 Å². The third kappa shape index (κ3) is 3.10. The van der Waals surface area contributed by atoms with E-state index in [2.05, 4.69) is 4.90 Å². The lowest BCUT2D eigenvalue weighted by Gasteiger charge is -2.37. The third-order valence-electron chi connectivity index (χ3n) is 5.08.